The van der Waals surface area contributed by atoms with Crippen molar-refractivity contribution in [3.8, 4) is 0 Å². The smallest absolute Gasteiger partial charge is 0.292 e. The number of carbonyl (C=O) groups excluding carboxylic acids is 1. The molecule has 0 heterocycles. The Morgan fingerprint density at radius 3 is 2.38 bits per heavy atom. The molecule has 86 valence electrons. The molecule has 0 aliphatic carbocycles. The van der Waals surface area contributed by atoms with Crippen molar-refractivity contribution < 1.29 is 14.6 Å². The molecule has 0 atom stereocenters. The maximum Gasteiger partial charge on any atom is 0.292 e. The molecule has 0 saturated heterocycles. The van der Waals surface area contributed by atoms with E-state index in [-0.39, 0.29) is 11.7 Å². The van der Waals surface area contributed by atoms with Crippen LogP contribution in [0.4, 0.5) is 0 Å². The maximum atomic E-state index is 11.7. The van der Waals surface area contributed by atoms with Crippen LogP contribution < -0.4 is 0 Å². The van der Waals surface area contributed by atoms with Crippen LogP contribution in [0.25, 0.3) is 6.08 Å². The van der Waals surface area contributed by atoms with Crippen LogP contribution in [0.2, 0.25) is 0 Å². The molecule has 0 unspecified atom stereocenters. The first-order valence-electron chi connectivity index (χ1n) is 4.84. The third kappa shape index (κ3) is 3.40. The first kappa shape index (κ1) is 12.3. The fraction of sp³-hybridized carbons (Fsp3) is 0.250. The third-order valence-corrected chi connectivity index (χ3v) is 1.89. The lowest BCUT2D eigenvalue weighted by atomic mass is 10.2. The number of hydrogen-bond acceptors (Lipinski definition) is 3. The molecule has 1 aromatic carbocycles. The van der Waals surface area contributed by atoms with Gasteiger partial charge in [-0.2, -0.15) is 4.89 Å². The molecule has 16 heavy (non-hydrogen) atoms. The summed E-state index contributed by atoms with van der Waals surface area (Å²) in [6.45, 7) is 0. The summed E-state index contributed by atoms with van der Waals surface area (Å²) >= 11 is 0. The molecule has 0 spiro atoms. The minimum absolute atomic E-state index is 0.152. The first-order chi connectivity index (χ1) is 7.65. The Hall–Kier alpha value is -1.81. The Kier molecular flexibility index (Phi) is 4.54. The second kappa shape index (κ2) is 5.92. The van der Waals surface area contributed by atoms with E-state index in [9.17, 15) is 4.79 Å². The van der Waals surface area contributed by atoms with E-state index in [1.165, 1.54) is 12.0 Å². The molecule has 1 aromatic rings. The summed E-state index contributed by atoms with van der Waals surface area (Å²) in [6, 6.07) is 9.43. The Morgan fingerprint density at radius 1 is 1.25 bits per heavy atom. The van der Waals surface area contributed by atoms with Crippen molar-refractivity contribution in [2.24, 2.45) is 0 Å². The number of hydrogen-bond donors (Lipinski definition) is 0. The van der Waals surface area contributed by atoms with Crippen molar-refractivity contribution in [3.63, 3.8) is 0 Å². The van der Waals surface area contributed by atoms with Gasteiger partial charge in [-0.25, -0.2) is 0 Å². The quantitative estimate of drug-likeness (QED) is 0.336. The summed E-state index contributed by atoms with van der Waals surface area (Å²) in [5, 5.41) is 0. The highest BCUT2D eigenvalue weighted by Gasteiger charge is 2.14. The van der Waals surface area contributed by atoms with E-state index in [2.05, 4.69) is 4.89 Å². The second-order valence-corrected chi connectivity index (χ2v) is 3.37. The van der Waals surface area contributed by atoms with Gasteiger partial charge in [0.15, 0.2) is 0 Å². The van der Waals surface area contributed by atoms with E-state index in [4.69, 9.17) is 4.89 Å². The SMILES string of the molecule is COOC(=Cc1ccccc1)C(=O)N(C)C. The average Bonchev–Trinajstić information content (AvgIpc) is 2.29. The van der Waals surface area contributed by atoms with E-state index in [1.807, 2.05) is 30.3 Å². The predicted octanol–water partition coefficient (Wildman–Crippen LogP) is 1.69. The van der Waals surface area contributed by atoms with E-state index in [0.717, 1.165) is 5.56 Å². The number of rotatable bonds is 4. The van der Waals surface area contributed by atoms with Crippen LogP contribution in [-0.4, -0.2) is 32.0 Å². The van der Waals surface area contributed by atoms with E-state index >= 15 is 0 Å². The zero-order valence-electron chi connectivity index (χ0n) is 9.64. The minimum atomic E-state index is -0.245. The van der Waals surface area contributed by atoms with Gasteiger partial charge < -0.3 is 9.79 Å². The molecule has 4 nitrogen and oxygen atoms in total. The fourth-order valence-corrected chi connectivity index (χ4v) is 1.13. The van der Waals surface area contributed by atoms with Gasteiger partial charge in [-0.15, -0.1) is 0 Å². The summed E-state index contributed by atoms with van der Waals surface area (Å²) < 4.78 is 0. The Labute approximate surface area is 95.0 Å². The van der Waals surface area contributed by atoms with Crippen LogP contribution in [0, 0.1) is 0 Å². The molecule has 0 N–H and O–H groups in total. The van der Waals surface area contributed by atoms with E-state index in [0.29, 0.717) is 0 Å². The van der Waals surface area contributed by atoms with E-state index < -0.39 is 0 Å². The maximum absolute atomic E-state index is 11.7. The van der Waals surface area contributed by atoms with Crippen molar-refractivity contribution in [2.75, 3.05) is 21.2 Å². The molecule has 0 saturated carbocycles. The fourth-order valence-electron chi connectivity index (χ4n) is 1.13. The van der Waals surface area contributed by atoms with Gasteiger partial charge in [0, 0.05) is 14.1 Å². The Morgan fingerprint density at radius 2 is 1.88 bits per heavy atom. The van der Waals surface area contributed by atoms with Gasteiger partial charge in [0.2, 0.25) is 5.76 Å². The van der Waals surface area contributed by atoms with Crippen molar-refractivity contribution in [2.45, 2.75) is 0 Å². The largest absolute Gasteiger partial charge is 0.342 e. The molecular weight excluding hydrogens is 206 g/mol. The lowest BCUT2D eigenvalue weighted by molar-refractivity contribution is -0.237. The highest BCUT2D eigenvalue weighted by atomic mass is 17.2. The van der Waals surface area contributed by atoms with Crippen LogP contribution in [0.5, 0.6) is 0 Å². The molecule has 4 heteroatoms. The van der Waals surface area contributed by atoms with Crippen molar-refractivity contribution in [3.05, 3.63) is 41.7 Å². The summed E-state index contributed by atoms with van der Waals surface area (Å²) in [5.41, 5.74) is 0.879. The van der Waals surface area contributed by atoms with Crippen molar-refractivity contribution in [1.82, 2.24) is 4.90 Å². The Balaban J connectivity index is 2.93. The van der Waals surface area contributed by atoms with Crippen LogP contribution in [-0.2, 0) is 14.6 Å². The van der Waals surface area contributed by atoms with Crippen molar-refractivity contribution in [1.29, 1.82) is 0 Å². The number of carbonyl (C=O) groups is 1. The van der Waals surface area contributed by atoms with Gasteiger partial charge in [-0.05, 0) is 11.6 Å². The zero-order valence-corrected chi connectivity index (χ0v) is 9.64. The molecule has 0 fully saturated rings. The van der Waals surface area contributed by atoms with Gasteiger partial charge in [-0.3, -0.25) is 4.79 Å². The monoisotopic (exact) mass is 221 g/mol. The average molecular weight is 221 g/mol. The number of amides is 1. The van der Waals surface area contributed by atoms with Crippen molar-refractivity contribution >= 4 is 12.0 Å². The minimum Gasteiger partial charge on any atom is -0.342 e. The topological polar surface area (TPSA) is 38.8 Å². The van der Waals surface area contributed by atoms with Gasteiger partial charge in [0.05, 0.1) is 7.11 Å². The van der Waals surface area contributed by atoms with Crippen LogP contribution in [0.15, 0.2) is 36.1 Å². The number of benzene rings is 1. The standard InChI is InChI=1S/C12H15NO3/c1-13(2)12(14)11(16-15-3)9-10-7-5-4-6-8-10/h4-9H,1-3H3. The van der Waals surface area contributed by atoms with Crippen LogP contribution in [0.1, 0.15) is 5.56 Å². The lowest BCUT2D eigenvalue weighted by Gasteiger charge is -2.12. The normalized spacial score (nSPS) is 11.1. The second-order valence-electron chi connectivity index (χ2n) is 3.37. The number of nitrogens with zero attached hydrogens (tertiary/aromatic N) is 1. The lowest BCUT2D eigenvalue weighted by Crippen LogP contribution is -2.24. The van der Waals surface area contributed by atoms with Crippen LogP contribution >= 0.6 is 0 Å². The predicted molar refractivity (Wildman–Crippen MR) is 61.2 cm³/mol. The first-order valence-corrected chi connectivity index (χ1v) is 4.84. The van der Waals surface area contributed by atoms with Gasteiger partial charge in [0.25, 0.3) is 5.91 Å². The summed E-state index contributed by atoms with van der Waals surface area (Å²) in [4.78, 5) is 22.5. The summed E-state index contributed by atoms with van der Waals surface area (Å²) in [7, 11) is 4.67. The highest BCUT2D eigenvalue weighted by Crippen LogP contribution is 2.09. The molecule has 0 bridgehead atoms. The zero-order chi connectivity index (χ0) is 12.0. The third-order valence-electron chi connectivity index (χ3n) is 1.89. The van der Waals surface area contributed by atoms with Crippen LogP contribution in [0.3, 0.4) is 0 Å². The molecule has 0 aliphatic heterocycles. The summed E-state index contributed by atoms with van der Waals surface area (Å²) in [5.74, 6) is -0.0931. The van der Waals surface area contributed by atoms with Gasteiger partial charge in [0.1, 0.15) is 0 Å². The highest BCUT2D eigenvalue weighted by molar-refractivity contribution is 5.95. The molecule has 1 rings (SSSR count). The molecule has 0 radical (unpaired) electrons. The van der Waals surface area contributed by atoms with Gasteiger partial charge in [-0.1, -0.05) is 30.3 Å². The number of likely N-dealkylation sites (N-methyl/N-ethyl adjacent to an activating group) is 1. The molecule has 1 amide bonds. The molecule has 0 aromatic heterocycles. The van der Waals surface area contributed by atoms with Gasteiger partial charge >= 0.3 is 0 Å². The Bertz CT molecular complexity index is 371. The summed E-state index contributed by atoms with van der Waals surface area (Å²) in [6.07, 6.45) is 1.63. The molecular formula is C12H15NO3. The van der Waals surface area contributed by atoms with E-state index in [1.54, 1.807) is 20.2 Å². The molecule has 0 aliphatic rings.